The molecule has 1 saturated carbocycles. The van der Waals surface area contributed by atoms with E-state index in [-0.39, 0.29) is 5.91 Å². The summed E-state index contributed by atoms with van der Waals surface area (Å²) in [6, 6.07) is 9.25. The SMILES string of the molecule is CN(C)c1ccc(/C=C/CN2CCC(n3cc(C(=O)NC4CC4)nn3)CC2)cc1. The smallest absolute Gasteiger partial charge is 0.273 e. The molecule has 7 nitrogen and oxygen atoms in total. The summed E-state index contributed by atoms with van der Waals surface area (Å²) in [4.78, 5) is 16.6. The summed E-state index contributed by atoms with van der Waals surface area (Å²) < 4.78 is 1.88. The Morgan fingerprint density at radius 3 is 2.55 bits per heavy atom. The van der Waals surface area contributed by atoms with Crippen LogP contribution in [0.4, 0.5) is 5.69 Å². The van der Waals surface area contributed by atoms with E-state index >= 15 is 0 Å². The fraction of sp³-hybridized carbons (Fsp3) is 0.500. The van der Waals surface area contributed by atoms with E-state index in [1.807, 2.05) is 4.68 Å². The van der Waals surface area contributed by atoms with Crippen molar-refractivity contribution in [2.45, 2.75) is 37.8 Å². The van der Waals surface area contributed by atoms with Crippen molar-refractivity contribution < 1.29 is 4.79 Å². The minimum Gasteiger partial charge on any atom is -0.378 e. The second kappa shape index (κ2) is 8.78. The molecule has 2 fully saturated rings. The molecule has 0 bridgehead atoms. The highest BCUT2D eigenvalue weighted by atomic mass is 16.2. The molecule has 1 aromatic heterocycles. The number of benzene rings is 1. The van der Waals surface area contributed by atoms with Crippen molar-refractivity contribution in [3.05, 3.63) is 47.8 Å². The van der Waals surface area contributed by atoms with Gasteiger partial charge in [-0.15, -0.1) is 5.10 Å². The molecule has 0 spiro atoms. The van der Waals surface area contributed by atoms with Gasteiger partial charge >= 0.3 is 0 Å². The quantitative estimate of drug-likeness (QED) is 0.782. The maximum absolute atomic E-state index is 12.1. The minimum absolute atomic E-state index is 0.0973. The van der Waals surface area contributed by atoms with Crippen LogP contribution in [0.25, 0.3) is 6.08 Å². The first kappa shape index (κ1) is 19.6. The Morgan fingerprint density at radius 2 is 1.90 bits per heavy atom. The first-order valence-corrected chi connectivity index (χ1v) is 10.5. The first-order chi connectivity index (χ1) is 14.1. The summed E-state index contributed by atoms with van der Waals surface area (Å²) in [5.41, 5.74) is 2.87. The normalized spacial score (nSPS) is 18.3. The van der Waals surface area contributed by atoms with E-state index in [0.29, 0.717) is 17.8 Å². The molecule has 2 aromatic rings. The maximum atomic E-state index is 12.1. The second-order valence-electron chi connectivity index (χ2n) is 8.25. The summed E-state index contributed by atoms with van der Waals surface area (Å²) in [7, 11) is 4.11. The summed E-state index contributed by atoms with van der Waals surface area (Å²) in [6.45, 7) is 3.00. The molecule has 154 valence electrons. The van der Waals surface area contributed by atoms with Crippen molar-refractivity contribution >= 4 is 17.7 Å². The zero-order valence-corrected chi connectivity index (χ0v) is 17.3. The Bertz CT molecular complexity index is 844. The highest BCUT2D eigenvalue weighted by Gasteiger charge is 2.26. The Balaban J connectivity index is 1.23. The van der Waals surface area contributed by atoms with E-state index in [1.165, 1.54) is 11.3 Å². The number of carbonyl (C=O) groups excluding carboxylic acids is 1. The van der Waals surface area contributed by atoms with Crippen LogP contribution in [0.1, 0.15) is 47.8 Å². The van der Waals surface area contributed by atoms with Gasteiger partial charge in [0.05, 0.1) is 12.2 Å². The van der Waals surface area contributed by atoms with Crippen LogP contribution in [0.15, 0.2) is 36.5 Å². The molecule has 1 aromatic carbocycles. The molecule has 0 unspecified atom stereocenters. The number of carbonyl (C=O) groups is 1. The lowest BCUT2D eigenvalue weighted by molar-refractivity contribution is 0.0946. The number of nitrogens with zero attached hydrogens (tertiary/aromatic N) is 5. The van der Waals surface area contributed by atoms with Crippen LogP contribution in [0.2, 0.25) is 0 Å². The van der Waals surface area contributed by atoms with Crippen molar-refractivity contribution in [2.24, 2.45) is 0 Å². The first-order valence-electron chi connectivity index (χ1n) is 10.5. The largest absolute Gasteiger partial charge is 0.378 e. The molecule has 1 amide bonds. The number of hydrogen-bond acceptors (Lipinski definition) is 5. The lowest BCUT2D eigenvalue weighted by Gasteiger charge is -2.30. The van der Waals surface area contributed by atoms with Gasteiger partial charge in [0, 0.05) is 45.5 Å². The molecule has 0 atom stereocenters. The van der Waals surface area contributed by atoms with Crippen molar-refractivity contribution in [1.82, 2.24) is 25.2 Å². The molecule has 1 aliphatic carbocycles. The van der Waals surface area contributed by atoms with Gasteiger partial charge in [0.1, 0.15) is 0 Å². The monoisotopic (exact) mass is 394 g/mol. The molecule has 1 aliphatic heterocycles. The fourth-order valence-corrected chi connectivity index (χ4v) is 3.63. The molecular formula is C22H30N6O. The highest BCUT2D eigenvalue weighted by molar-refractivity contribution is 5.92. The van der Waals surface area contributed by atoms with Crippen LogP contribution < -0.4 is 10.2 Å². The number of nitrogens with one attached hydrogen (secondary N) is 1. The van der Waals surface area contributed by atoms with Gasteiger partial charge in [-0.1, -0.05) is 29.5 Å². The predicted octanol–water partition coefficient (Wildman–Crippen LogP) is 2.59. The van der Waals surface area contributed by atoms with Crippen molar-refractivity contribution in [3.8, 4) is 0 Å². The van der Waals surface area contributed by atoms with Gasteiger partial charge in [0.25, 0.3) is 5.91 Å². The lowest BCUT2D eigenvalue weighted by atomic mass is 10.1. The van der Waals surface area contributed by atoms with E-state index in [9.17, 15) is 4.79 Å². The third-order valence-corrected chi connectivity index (χ3v) is 5.67. The predicted molar refractivity (Wildman–Crippen MR) is 115 cm³/mol. The molecule has 0 radical (unpaired) electrons. The maximum Gasteiger partial charge on any atom is 0.273 e. The molecular weight excluding hydrogens is 364 g/mol. The molecule has 1 saturated heterocycles. The van der Waals surface area contributed by atoms with E-state index < -0.39 is 0 Å². The Hall–Kier alpha value is -2.67. The van der Waals surface area contributed by atoms with E-state index in [1.54, 1.807) is 6.20 Å². The van der Waals surface area contributed by atoms with Crippen molar-refractivity contribution in [1.29, 1.82) is 0 Å². The molecule has 29 heavy (non-hydrogen) atoms. The van der Waals surface area contributed by atoms with Crippen LogP contribution in [0, 0.1) is 0 Å². The Kier molecular flexibility index (Phi) is 5.94. The van der Waals surface area contributed by atoms with Crippen LogP contribution in [-0.2, 0) is 0 Å². The fourth-order valence-electron chi connectivity index (χ4n) is 3.63. The zero-order valence-electron chi connectivity index (χ0n) is 17.3. The van der Waals surface area contributed by atoms with E-state index in [2.05, 4.69) is 75.9 Å². The molecule has 2 heterocycles. The average Bonchev–Trinajstić information content (AvgIpc) is 3.40. The number of amides is 1. The van der Waals surface area contributed by atoms with Crippen LogP contribution in [0.3, 0.4) is 0 Å². The number of hydrogen-bond donors (Lipinski definition) is 1. The van der Waals surface area contributed by atoms with Crippen molar-refractivity contribution in [2.75, 3.05) is 38.6 Å². The van der Waals surface area contributed by atoms with Crippen LogP contribution >= 0.6 is 0 Å². The minimum atomic E-state index is -0.0973. The van der Waals surface area contributed by atoms with Gasteiger partial charge in [0.15, 0.2) is 5.69 Å². The second-order valence-corrected chi connectivity index (χ2v) is 8.25. The number of piperidine rings is 1. The Labute approximate surface area is 172 Å². The highest BCUT2D eigenvalue weighted by Crippen LogP contribution is 2.22. The summed E-state index contributed by atoms with van der Waals surface area (Å²) in [5.74, 6) is -0.0973. The van der Waals surface area contributed by atoms with Gasteiger partial charge in [-0.25, -0.2) is 4.68 Å². The average molecular weight is 395 g/mol. The number of anilines is 1. The topological polar surface area (TPSA) is 66.3 Å². The molecule has 1 N–H and O–H groups in total. The number of rotatable bonds is 7. The molecule has 7 heteroatoms. The molecule has 2 aliphatic rings. The third kappa shape index (κ3) is 5.23. The summed E-state index contributed by atoms with van der Waals surface area (Å²) >= 11 is 0. The van der Waals surface area contributed by atoms with Crippen molar-refractivity contribution in [3.63, 3.8) is 0 Å². The van der Waals surface area contributed by atoms with Crippen LogP contribution in [-0.4, -0.2) is 65.6 Å². The van der Waals surface area contributed by atoms with E-state index in [0.717, 1.165) is 45.3 Å². The Morgan fingerprint density at radius 1 is 1.17 bits per heavy atom. The van der Waals surface area contributed by atoms with Gasteiger partial charge in [-0.05, 0) is 43.4 Å². The van der Waals surface area contributed by atoms with Gasteiger partial charge in [-0.3, -0.25) is 9.69 Å². The standard InChI is InChI=1S/C22H30N6O/c1-26(2)19-9-5-17(6-10-19)4-3-13-27-14-11-20(12-15-27)28-16-21(24-25-28)22(29)23-18-7-8-18/h3-6,9-10,16,18,20H,7-8,11-15H2,1-2H3,(H,23,29)/b4-3+. The summed E-state index contributed by atoms with van der Waals surface area (Å²) in [6.07, 6.45) is 10.4. The third-order valence-electron chi connectivity index (χ3n) is 5.67. The van der Waals surface area contributed by atoms with Gasteiger partial charge in [0.2, 0.25) is 0 Å². The van der Waals surface area contributed by atoms with E-state index in [4.69, 9.17) is 0 Å². The molecule has 4 rings (SSSR count). The number of aromatic nitrogens is 3. The van der Waals surface area contributed by atoms with Crippen LogP contribution in [0.5, 0.6) is 0 Å². The number of likely N-dealkylation sites (tertiary alicyclic amines) is 1. The van der Waals surface area contributed by atoms with Gasteiger partial charge in [-0.2, -0.15) is 0 Å². The summed E-state index contributed by atoms with van der Waals surface area (Å²) in [5, 5.41) is 11.2. The zero-order chi connectivity index (χ0) is 20.2. The van der Waals surface area contributed by atoms with Gasteiger partial charge < -0.3 is 10.2 Å². The lowest BCUT2D eigenvalue weighted by Crippen LogP contribution is -2.34.